The zero-order valence-electron chi connectivity index (χ0n) is 35.1. The number of nitrogens with zero attached hydrogens (tertiary/aromatic N) is 2. The van der Waals surface area contributed by atoms with Crippen molar-refractivity contribution in [3.8, 4) is 27.9 Å². The van der Waals surface area contributed by atoms with Crippen molar-refractivity contribution in [2.75, 3.05) is 4.90 Å². The van der Waals surface area contributed by atoms with Gasteiger partial charge in [-0.25, -0.2) is 0 Å². The molecule has 3 aliphatic carbocycles. The molecule has 12 rings (SSSR count). The Morgan fingerprint density at radius 1 is 0.500 bits per heavy atom. The lowest BCUT2D eigenvalue weighted by Gasteiger charge is -2.34. The lowest BCUT2D eigenvalue weighted by Crippen LogP contribution is -2.21. The van der Waals surface area contributed by atoms with E-state index in [1.165, 1.54) is 66.8 Å². The average Bonchev–Trinajstić information content (AvgIpc) is 3.70. The molecule has 0 saturated carbocycles. The summed E-state index contributed by atoms with van der Waals surface area (Å²) < 4.78 is 2.45. The number of fused-ring (bicyclic) bond motifs is 5. The molecule has 0 aliphatic heterocycles. The van der Waals surface area contributed by atoms with Gasteiger partial charge >= 0.3 is 0 Å². The molecule has 2 nitrogen and oxygen atoms in total. The number of anilines is 3. The third kappa shape index (κ3) is 6.54. The van der Waals surface area contributed by atoms with Crippen molar-refractivity contribution >= 4 is 45.7 Å². The quantitative estimate of drug-likeness (QED) is 0.139. The topological polar surface area (TPSA) is 8.17 Å². The molecule has 0 fully saturated rings. The second-order valence-electron chi connectivity index (χ2n) is 16.7. The summed E-state index contributed by atoms with van der Waals surface area (Å²) in [7, 11) is 0. The Labute approximate surface area is 374 Å². The second kappa shape index (κ2) is 15.8. The van der Waals surface area contributed by atoms with Gasteiger partial charge in [0.15, 0.2) is 0 Å². The molecule has 0 amide bonds. The summed E-state index contributed by atoms with van der Waals surface area (Å²) in [6.45, 7) is 0. The Kier molecular flexibility index (Phi) is 9.24. The number of aromatic nitrogens is 1. The van der Waals surface area contributed by atoms with E-state index in [9.17, 15) is 0 Å². The molecule has 3 aliphatic rings. The van der Waals surface area contributed by atoms with Crippen LogP contribution in [0, 0.1) is 5.92 Å². The van der Waals surface area contributed by atoms with Crippen LogP contribution in [-0.4, -0.2) is 4.57 Å². The summed E-state index contributed by atoms with van der Waals surface area (Å²) in [5.74, 6) is 0.280. The highest BCUT2D eigenvalue weighted by Crippen LogP contribution is 2.50. The maximum absolute atomic E-state index is 3.42. The first-order valence-electron chi connectivity index (χ1n) is 22.1. The van der Waals surface area contributed by atoms with Gasteiger partial charge in [0.25, 0.3) is 0 Å². The van der Waals surface area contributed by atoms with Crippen molar-refractivity contribution in [1.82, 2.24) is 4.57 Å². The van der Waals surface area contributed by atoms with E-state index in [2.05, 4.69) is 258 Å². The first-order chi connectivity index (χ1) is 31.7. The zero-order chi connectivity index (χ0) is 42.4. The second-order valence-corrected chi connectivity index (χ2v) is 16.7. The summed E-state index contributed by atoms with van der Waals surface area (Å²) >= 11 is 0. The van der Waals surface area contributed by atoms with E-state index in [1.807, 2.05) is 6.08 Å². The van der Waals surface area contributed by atoms with Gasteiger partial charge in [0.1, 0.15) is 0 Å². The molecule has 0 radical (unpaired) electrons. The summed E-state index contributed by atoms with van der Waals surface area (Å²) in [6, 6.07) is 74.9. The molecule has 0 spiro atoms. The van der Waals surface area contributed by atoms with Gasteiger partial charge in [-0.15, -0.1) is 0 Å². The Hall–Kier alpha value is -8.38. The SMILES string of the molecule is C1=C=C(c2ccc(N(c3ccc(-c4cccc(-c5ccccc5)c4)cc3)c3cccc(C4c5c(n(-c6ccccc6)c6ccccc56)C=C5C=CC=CC54)c3)cc2)c2ccccc2C=1. The molecule has 1 heterocycles. The number of para-hydroxylation sites is 2. The molecule has 1 aromatic heterocycles. The highest BCUT2D eigenvalue weighted by molar-refractivity contribution is 5.93. The molecule has 2 unspecified atom stereocenters. The number of benzene rings is 8. The fourth-order valence-electron chi connectivity index (χ4n) is 10.1. The van der Waals surface area contributed by atoms with Crippen molar-refractivity contribution in [2.45, 2.75) is 5.92 Å². The Morgan fingerprint density at radius 2 is 1.16 bits per heavy atom. The molecule has 2 atom stereocenters. The van der Waals surface area contributed by atoms with Crippen LogP contribution in [0.2, 0.25) is 0 Å². The molecule has 0 bridgehead atoms. The fraction of sp³-hybridized carbons (Fsp3) is 0.0323. The molecular formula is C62H42N2. The van der Waals surface area contributed by atoms with Crippen LogP contribution in [0.25, 0.3) is 56.6 Å². The fourth-order valence-corrected chi connectivity index (χ4v) is 10.1. The lowest BCUT2D eigenvalue weighted by molar-refractivity contribution is 0.653. The molecule has 9 aromatic rings. The molecule has 300 valence electrons. The Morgan fingerprint density at radius 3 is 1.95 bits per heavy atom. The van der Waals surface area contributed by atoms with Crippen LogP contribution in [0.15, 0.2) is 248 Å². The maximum Gasteiger partial charge on any atom is 0.0537 e. The molecule has 2 heteroatoms. The van der Waals surface area contributed by atoms with E-state index >= 15 is 0 Å². The van der Waals surface area contributed by atoms with Gasteiger partial charge in [-0.3, -0.25) is 0 Å². The normalized spacial score (nSPS) is 15.6. The van der Waals surface area contributed by atoms with Gasteiger partial charge < -0.3 is 9.47 Å². The van der Waals surface area contributed by atoms with Crippen LogP contribution in [0.3, 0.4) is 0 Å². The summed E-state index contributed by atoms with van der Waals surface area (Å²) in [6.07, 6.45) is 13.5. The monoisotopic (exact) mass is 814 g/mol. The molecule has 64 heavy (non-hydrogen) atoms. The average molecular weight is 815 g/mol. The van der Waals surface area contributed by atoms with Gasteiger partial charge in [-0.1, -0.05) is 181 Å². The van der Waals surface area contributed by atoms with Gasteiger partial charge in [0.05, 0.1) is 11.2 Å². The smallest absolute Gasteiger partial charge is 0.0537 e. The van der Waals surface area contributed by atoms with E-state index in [0.29, 0.717) is 0 Å². The molecule has 8 aromatic carbocycles. The van der Waals surface area contributed by atoms with E-state index in [4.69, 9.17) is 0 Å². The molecule has 0 N–H and O–H groups in total. The van der Waals surface area contributed by atoms with E-state index in [0.717, 1.165) is 33.8 Å². The van der Waals surface area contributed by atoms with Gasteiger partial charge in [0, 0.05) is 45.5 Å². The standard InChI is InChI=1S/C62H42N2/c1-3-16-43(17-4-1)47-21-13-22-48(40-47)44-32-36-52(37-33-44)63(53-38-34-46(35-39-53)56-30-15-20-45-18-7-9-27-55(45)56)54-26-14-23-50(41-54)61-57-28-10-8-19-49(57)42-60-62(61)58-29-11-12-31-59(58)64(60)51-24-5-2-6-25-51/h1-14,16-29,31-42,57,61H. The molecule has 0 saturated heterocycles. The van der Waals surface area contributed by atoms with Crippen LogP contribution < -0.4 is 4.90 Å². The van der Waals surface area contributed by atoms with Crippen molar-refractivity contribution < 1.29 is 0 Å². The summed E-state index contributed by atoms with van der Waals surface area (Å²) in [5, 5.41) is 1.29. The minimum atomic E-state index is 0.0904. The van der Waals surface area contributed by atoms with Crippen molar-refractivity contribution in [3.05, 3.63) is 281 Å². The minimum Gasteiger partial charge on any atom is -0.310 e. The number of hydrogen-bond donors (Lipinski definition) is 0. The third-order valence-corrected chi connectivity index (χ3v) is 13.0. The van der Waals surface area contributed by atoms with Gasteiger partial charge in [0.2, 0.25) is 0 Å². The zero-order valence-corrected chi connectivity index (χ0v) is 35.1. The van der Waals surface area contributed by atoms with Gasteiger partial charge in [-0.05, 0) is 128 Å². The Balaban J connectivity index is 0.992. The van der Waals surface area contributed by atoms with Gasteiger partial charge in [-0.2, -0.15) is 0 Å². The van der Waals surface area contributed by atoms with E-state index < -0.39 is 0 Å². The third-order valence-electron chi connectivity index (χ3n) is 13.0. The largest absolute Gasteiger partial charge is 0.310 e. The number of hydrogen-bond acceptors (Lipinski definition) is 1. The van der Waals surface area contributed by atoms with Crippen LogP contribution in [0.1, 0.15) is 39.4 Å². The molecular weight excluding hydrogens is 773 g/mol. The van der Waals surface area contributed by atoms with Crippen molar-refractivity contribution in [1.29, 1.82) is 0 Å². The Bertz CT molecular complexity index is 3440. The predicted octanol–water partition coefficient (Wildman–Crippen LogP) is 15.9. The van der Waals surface area contributed by atoms with E-state index in [-0.39, 0.29) is 11.8 Å². The highest BCUT2D eigenvalue weighted by atomic mass is 15.1. The van der Waals surface area contributed by atoms with Crippen LogP contribution in [-0.2, 0) is 0 Å². The van der Waals surface area contributed by atoms with Crippen LogP contribution in [0.5, 0.6) is 0 Å². The first-order valence-corrected chi connectivity index (χ1v) is 22.1. The lowest BCUT2D eigenvalue weighted by atomic mass is 9.71. The summed E-state index contributed by atoms with van der Waals surface area (Å²) in [5.41, 5.74) is 26.8. The number of rotatable bonds is 8. The maximum atomic E-state index is 3.42. The van der Waals surface area contributed by atoms with E-state index in [1.54, 1.807) is 0 Å². The minimum absolute atomic E-state index is 0.0904. The summed E-state index contributed by atoms with van der Waals surface area (Å²) in [4.78, 5) is 2.40. The van der Waals surface area contributed by atoms with Crippen LogP contribution >= 0.6 is 0 Å². The first kappa shape index (κ1) is 37.4. The van der Waals surface area contributed by atoms with Crippen LogP contribution in [0.4, 0.5) is 17.1 Å². The highest BCUT2D eigenvalue weighted by Gasteiger charge is 2.36. The van der Waals surface area contributed by atoms with Crippen molar-refractivity contribution in [3.63, 3.8) is 0 Å². The number of allylic oxidation sites excluding steroid dienone is 5. The predicted molar refractivity (Wildman–Crippen MR) is 267 cm³/mol. The van der Waals surface area contributed by atoms with Crippen molar-refractivity contribution in [2.24, 2.45) is 5.92 Å².